The van der Waals surface area contributed by atoms with Gasteiger partial charge in [-0.2, -0.15) is 0 Å². The summed E-state index contributed by atoms with van der Waals surface area (Å²) in [5.41, 5.74) is 1.15. The van der Waals surface area contributed by atoms with Crippen LogP contribution in [0.4, 0.5) is 0 Å². The Morgan fingerprint density at radius 3 is 2.67 bits per heavy atom. The predicted octanol–water partition coefficient (Wildman–Crippen LogP) is 3.60. The van der Waals surface area contributed by atoms with E-state index in [4.69, 9.17) is 23.2 Å². The Hall–Kier alpha value is -1.06. The highest BCUT2D eigenvalue weighted by Gasteiger charge is 2.28. The molecule has 18 heavy (non-hydrogen) atoms. The van der Waals surface area contributed by atoms with E-state index in [2.05, 4.69) is 20.8 Å². The van der Waals surface area contributed by atoms with Gasteiger partial charge in [0.1, 0.15) is 11.6 Å². The van der Waals surface area contributed by atoms with Gasteiger partial charge in [0, 0.05) is 17.5 Å². The Labute approximate surface area is 116 Å². The zero-order valence-electron chi connectivity index (χ0n) is 9.81. The van der Waals surface area contributed by atoms with Gasteiger partial charge in [-0.05, 0) is 30.5 Å². The van der Waals surface area contributed by atoms with Crippen molar-refractivity contribution in [1.29, 1.82) is 0 Å². The molecule has 0 atom stereocenters. The van der Waals surface area contributed by atoms with E-state index in [1.165, 1.54) is 12.8 Å². The van der Waals surface area contributed by atoms with Gasteiger partial charge in [-0.15, -0.1) is 21.8 Å². The standard InChI is InChI=1S/C13H13Cl2N3/c14-8-13-17-16-12(18(13)11-4-5-11)7-9-2-1-3-10(15)6-9/h1-3,6,11H,4-5,7-8H2. The van der Waals surface area contributed by atoms with Gasteiger partial charge >= 0.3 is 0 Å². The second kappa shape index (κ2) is 4.90. The average molecular weight is 282 g/mol. The Morgan fingerprint density at radius 2 is 2.00 bits per heavy atom. The minimum Gasteiger partial charge on any atom is -0.311 e. The molecule has 0 spiro atoms. The van der Waals surface area contributed by atoms with E-state index < -0.39 is 0 Å². The molecule has 0 bridgehead atoms. The topological polar surface area (TPSA) is 30.7 Å². The molecule has 3 nitrogen and oxygen atoms in total. The molecule has 0 aliphatic heterocycles. The highest BCUT2D eigenvalue weighted by atomic mass is 35.5. The number of hydrogen-bond acceptors (Lipinski definition) is 2. The lowest BCUT2D eigenvalue weighted by atomic mass is 10.1. The number of nitrogens with zero attached hydrogens (tertiary/aromatic N) is 3. The molecule has 1 aliphatic carbocycles. The van der Waals surface area contributed by atoms with Crippen molar-refractivity contribution in [1.82, 2.24) is 14.8 Å². The Bertz CT molecular complexity index is 561. The molecular weight excluding hydrogens is 269 g/mol. The molecule has 2 aromatic rings. The maximum atomic E-state index is 5.99. The van der Waals surface area contributed by atoms with Crippen molar-refractivity contribution in [2.75, 3.05) is 0 Å². The maximum absolute atomic E-state index is 5.99. The summed E-state index contributed by atoms with van der Waals surface area (Å²) in [5, 5.41) is 9.17. The molecule has 0 N–H and O–H groups in total. The van der Waals surface area contributed by atoms with Crippen LogP contribution in [-0.2, 0) is 12.3 Å². The van der Waals surface area contributed by atoms with Crippen LogP contribution in [0.5, 0.6) is 0 Å². The average Bonchev–Trinajstić information content (AvgIpc) is 3.11. The van der Waals surface area contributed by atoms with Gasteiger partial charge in [-0.1, -0.05) is 23.7 Å². The summed E-state index contributed by atoms with van der Waals surface area (Å²) in [4.78, 5) is 0. The fraction of sp³-hybridized carbons (Fsp3) is 0.385. The van der Waals surface area contributed by atoms with Crippen LogP contribution in [0.15, 0.2) is 24.3 Å². The van der Waals surface area contributed by atoms with Crippen LogP contribution in [0, 0.1) is 0 Å². The molecule has 1 saturated carbocycles. The molecule has 3 rings (SSSR count). The summed E-state index contributed by atoms with van der Waals surface area (Å²) < 4.78 is 2.19. The van der Waals surface area contributed by atoms with Gasteiger partial charge in [0.2, 0.25) is 0 Å². The van der Waals surface area contributed by atoms with Crippen LogP contribution in [0.25, 0.3) is 0 Å². The van der Waals surface area contributed by atoms with Crippen LogP contribution in [0.3, 0.4) is 0 Å². The van der Waals surface area contributed by atoms with Crippen molar-refractivity contribution in [3.8, 4) is 0 Å². The zero-order chi connectivity index (χ0) is 12.5. The van der Waals surface area contributed by atoms with Crippen LogP contribution < -0.4 is 0 Å². The summed E-state index contributed by atoms with van der Waals surface area (Å²) >= 11 is 11.9. The fourth-order valence-corrected chi connectivity index (χ4v) is 2.55. The highest BCUT2D eigenvalue weighted by molar-refractivity contribution is 6.30. The molecule has 1 fully saturated rings. The van der Waals surface area contributed by atoms with Crippen LogP contribution in [0.1, 0.15) is 36.1 Å². The van der Waals surface area contributed by atoms with Gasteiger partial charge < -0.3 is 4.57 Å². The van der Waals surface area contributed by atoms with E-state index in [0.717, 1.165) is 28.7 Å². The molecule has 0 saturated heterocycles. The van der Waals surface area contributed by atoms with Crippen molar-refractivity contribution < 1.29 is 0 Å². The quantitative estimate of drug-likeness (QED) is 0.802. The summed E-state index contributed by atoms with van der Waals surface area (Å²) in [6.45, 7) is 0. The number of aromatic nitrogens is 3. The van der Waals surface area contributed by atoms with Crippen molar-refractivity contribution in [2.45, 2.75) is 31.2 Å². The maximum Gasteiger partial charge on any atom is 0.148 e. The lowest BCUT2D eigenvalue weighted by molar-refractivity contribution is 0.669. The predicted molar refractivity (Wildman–Crippen MR) is 72.1 cm³/mol. The molecule has 5 heteroatoms. The number of halogens is 2. The molecule has 1 aliphatic rings. The molecule has 0 amide bonds. The summed E-state index contributed by atoms with van der Waals surface area (Å²) in [6.07, 6.45) is 3.15. The van der Waals surface area contributed by atoms with E-state index in [0.29, 0.717) is 11.9 Å². The monoisotopic (exact) mass is 281 g/mol. The first-order valence-electron chi connectivity index (χ1n) is 6.01. The van der Waals surface area contributed by atoms with Gasteiger partial charge in [-0.3, -0.25) is 0 Å². The molecule has 0 unspecified atom stereocenters. The van der Waals surface area contributed by atoms with E-state index in [-0.39, 0.29) is 0 Å². The fourth-order valence-electron chi connectivity index (χ4n) is 2.16. The number of benzene rings is 1. The summed E-state index contributed by atoms with van der Waals surface area (Å²) in [7, 11) is 0. The largest absolute Gasteiger partial charge is 0.311 e. The second-order valence-corrected chi connectivity index (χ2v) is 5.28. The molecular formula is C13H13Cl2N3. The van der Waals surface area contributed by atoms with E-state index in [1.54, 1.807) is 0 Å². The molecule has 1 heterocycles. The minimum atomic E-state index is 0.416. The summed E-state index contributed by atoms with van der Waals surface area (Å²) in [5.74, 6) is 2.27. The van der Waals surface area contributed by atoms with E-state index >= 15 is 0 Å². The molecule has 94 valence electrons. The third-order valence-corrected chi connectivity index (χ3v) is 3.59. The minimum absolute atomic E-state index is 0.416. The zero-order valence-corrected chi connectivity index (χ0v) is 11.3. The Morgan fingerprint density at radius 1 is 1.22 bits per heavy atom. The normalized spacial score (nSPS) is 15.0. The first-order chi connectivity index (χ1) is 8.78. The van der Waals surface area contributed by atoms with Crippen LogP contribution >= 0.6 is 23.2 Å². The van der Waals surface area contributed by atoms with Gasteiger partial charge in [-0.25, -0.2) is 0 Å². The van der Waals surface area contributed by atoms with Gasteiger partial charge in [0.05, 0.1) is 5.88 Å². The van der Waals surface area contributed by atoms with E-state index in [9.17, 15) is 0 Å². The third kappa shape index (κ3) is 2.38. The summed E-state index contributed by atoms with van der Waals surface area (Å²) in [6, 6.07) is 8.40. The lowest BCUT2D eigenvalue weighted by Gasteiger charge is -2.07. The molecule has 1 aromatic heterocycles. The van der Waals surface area contributed by atoms with Crippen molar-refractivity contribution >= 4 is 23.2 Å². The van der Waals surface area contributed by atoms with Crippen molar-refractivity contribution in [3.05, 3.63) is 46.5 Å². The van der Waals surface area contributed by atoms with Gasteiger partial charge in [0.25, 0.3) is 0 Å². The first kappa shape index (κ1) is 12.0. The smallest absolute Gasteiger partial charge is 0.148 e. The van der Waals surface area contributed by atoms with E-state index in [1.807, 2.05) is 18.2 Å². The number of rotatable bonds is 4. The molecule has 0 radical (unpaired) electrons. The van der Waals surface area contributed by atoms with Crippen molar-refractivity contribution in [3.63, 3.8) is 0 Å². The van der Waals surface area contributed by atoms with Crippen LogP contribution in [0.2, 0.25) is 5.02 Å². The van der Waals surface area contributed by atoms with Gasteiger partial charge in [0.15, 0.2) is 0 Å². The SMILES string of the molecule is ClCc1nnc(Cc2cccc(Cl)c2)n1C1CC1. The number of alkyl halides is 1. The van der Waals surface area contributed by atoms with Crippen molar-refractivity contribution in [2.24, 2.45) is 0 Å². The molecule has 1 aromatic carbocycles. The van der Waals surface area contributed by atoms with Crippen LogP contribution in [-0.4, -0.2) is 14.8 Å². The Balaban J connectivity index is 1.90. The highest BCUT2D eigenvalue weighted by Crippen LogP contribution is 2.37. The third-order valence-electron chi connectivity index (χ3n) is 3.12. The second-order valence-electron chi connectivity index (χ2n) is 4.57. The first-order valence-corrected chi connectivity index (χ1v) is 6.92. The number of hydrogen-bond donors (Lipinski definition) is 0. The Kier molecular flexibility index (Phi) is 3.27. The lowest BCUT2D eigenvalue weighted by Crippen LogP contribution is -2.05.